The summed E-state index contributed by atoms with van der Waals surface area (Å²) < 4.78 is 11.2. The van der Waals surface area contributed by atoms with Crippen LogP contribution in [0, 0.1) is 0 Å². The largest absolute Gasteiger partial charge is 0.493 e. The molecule has 0 aliphatic carbocycles. The number of nitrogens with two attached hydrogens (primary N) is 1. The number of ether oxygens (including phenoxy) is 2. The van der Waals surface area contributed by atoms with Crippen molar-refractivity contribution in [3.8, 4) is 11.5 Å². The number of aliphatic hydroxyl groups is 1. The van der Waals surface area contributed by atoms with Crippen LogP contribution in [0.3, 0.4) is 0 Å². The van der Waals surface area contributed by atoms with Crippen LogP contribution < -0.4 is 15.2 Å². The van der Waals surface area contributed by atoms with Gasteiger partial charge in [-0.2, -0.15) is 0 Å². The third-order valence-corrected chi connectivity index (χ3v) is 3.64. The van der Waals surface area contributed by atoms with E-state index in [0.29, 0.717) is 24.5 Å². The van der Waals surface area contributed by atoms with E-state index in [1.165, 1.54) is 0 Å². The third-order valence-electron chi connectivity index (χ3n) is 3.64. The van der Waals surface area contributed by atoms with E-state index in [2.05, 4.69) is 0 Å². The van der Waals surface area contributed by atoms with E-state index in [0.717, 1.165) is 11.1 Å². The van der Waals surface area contributed by atoms with Gasteiger partial charge in [-0.25, -0.2) is 0 Å². The highest BCUT2D eigenvalue weighted by atomic mass is 35.5. The first-order valence-electron chi connectivity index (χ1n) is 7.44. The van der Waals surface area contributed by atoms with Crippen molar-refractivity contribution in [2.45, 2.75) is 32.1 Å². The summed E-state index contributed by atoms with van der Waals surface area (Å²) in [6.45, 7) is 2.35. The Hall–Kier alpha value is -1.75. The molecule has 23 heavy (non-hydrogen) atoms. The summed E-state index contributed by atoms with van der Waals surface area (Å²) in [5.41, 5.74) is 7.98. The SMILES string of the molecule is CC[C@@H](O)[C@@H](N)c1ccc(OC)c(OCc2ccccc2)c1.Cl. The fraction of sp³-hybridized carbons (Fsp3) is 0.333. The second-order valence-electron chi connectivity index (χ2n) is 5.19. The Morgan fingerprint density at radius 1 is 1.09 bits per heavy atom. The molecule has 0 fully saturated rings. The predicted molar refractivity (Wildman–Crippen MR) is 94.2 cm³/mol. The van der Waals surface area contributed by atoms with E-state index in [1.54, 1.807) is 7.11 Å². The van der Waals surface area contributed by atoms with Gasteiger partial charge in [0.2, 0.25) is 0 Å². The Morgan fingerprint density at radius 2 is 1.78 bits per heavy atom. The second kappa shape index (κ2) is 9.40. The van der Waals surface area contributed by atoms with Gasteiger partial charge in [0.05, 0.1) is 19.3 Å². The maximum atomic E-state index is 9.91. The number of hydrogen-bond donors (Lipinski definition) is 2. The van der Waals surface area contributed by atoms with Gasteiger partial charge in [0.1, 0.15) is 6.61 Å². The topological polar surface area (TPSA) is 64.7 Å². The maximum Gasteiger partial charge on any atom is 0.161 e. The van der Waals surface area contributed by atoms with Crippen molar-refractivity contribution in [1.82, 2.24) is 0 Å². The van der Waals surface area contributed by atoms with Crippen LogP contribution in [0.25, 0.3) is 0 Å². The quantitative estimate of drug-likeness (QED) is 0.812. The van der Waals surface area contributed by atoms with Crippen LogP contribution in [0.1, 0.15) is 30.5 Å². The number of halogens is 1. The van der Waals surface area contributed by atoms with Gasteiger partial charge in [-0.15, -0.1) is 12.4 Å². The lowest BCUT2D eigenvalue weighted by molar-refractivity contribution is 0.140. The lowest BCUT2D eigenvalue weighted by Gasteiger charge is -2.19. The van der Waals surface area contributed by atoms with E-state index >= 15 is 0 Å². The number of benzene rings is 2. The summed E-state index contributed by atoms with van der Waals surface area (Å²) >= 11 is 0. The zero-order valence-electron chi connectivity index (χ0n) is 13.4. The molecule has 2 atom stereocenters. The summed E-state index contributed by atoms with van der Waals surface area (Å²) in [5.74, 6) is 1.28. The van der Waals surface area contributed by atoms with E-state index in [4.69, 9.17) is 15.2 Å². The van der Waals surface area contributed by atoms with Gasteiger partial charge < -0.3 is 20.3 Å². The zero-order valence-corrected chi connectivity index (χ0v) is 14.3. The first-order valence-corrected chi connectivity index (χ1v) is 7.44. The molecular formula is C18H24ClNO3. The molecule has 0 heterocycles. The normalized spacial score (nSPS) is 12.9. The minimum absolute atomic E-state index is 0. The lowest BCUT2D eigenvalue weighted by Crippen LogP contribution is -2.25. The van der Waals surface area contributed by atoms with Crippen molar-refractivity contribution in [2.24, 2.45) is 5.73 Å². The van der Waals surface area contributed by atoms with Gasteiger partial charge in [0, 0.05) is 0 Å². The summed E-state index contributed by atoms with van der Waals surface area (Å²) in [5, 5.41) is 9.91. The molecule has 5 heteroatoms. The zero-order chi connectivity index (χ0) is 15.9. The number of aliphatic hydroxyl groups excluding tert-OH is 1. The molecule has 0 unspecified atom stereocenters. The average molecular weight is 338 g/mol. The Balaban J connectivity index is 0.00000264. The highest BCUT2D eigenvalue weighted by molar-refractivity contribution is 5.85. The van der Waals surface area contributed by atoms with Crippen LogP contribution >= 0.6 is 12.4 Å². The Kier molecular flexibility index (Phi) is 7.89. The molecule has 2 rings (SSSR count). The molecule has 0 aliphatic heterocycles. The Labute approximate surface area is 143 Å². The monoisotopic (exact) mass is 337 g/mol. The van der Waals surface area contributed by atoms with Gasteiger partial charge in [-0.3, -0.25) is 0 Å². The van der Waals surface area contributed by atoms with Crippen molar-refractivity contribution in [1.29, 1.82) is 0 Å². The highest BCUT2D eigenvalue weighted by Gasteiger charge is 2.17. The van der Waals surface area contributed by atoms with Crippen LogP contribution in [0.15, 0.2) is 48.5 Å². The summed E-state index contributed by atoms with van der Waals surface area (Å²) in [4.78, 5) is 0. The summed E-state index contributed by atoms with van der Waals surface area (Å²) in [6, 6.07) is 15.0. The number of rotatable bonds is 7. The molecular weight excluding hydrogens is 314 g/mol. The van der Waals surface area contributed by atoms with Crippen molar-refractivity contribution in [3.05, 3.63) is 59.7 Å². The van der Waals surface area contributed by atoms with Crippen molar-refractivity contribution < 1.29 is 14.6 Å². The first-order chi connectivity index (χ1) is 10.7. The highest BCUT2D eigenvalue weighted by Crippen LogP contribution is 2.31. The molecule has 3 N–H and O–H groups in total. The van der Waals surface area contributed by atoms with Gasteiger partial charge in [-0.05, 0) is 29.7 Å². The molecule has 0 amide bonds. The predicted octanol–water partition coefficient (Wildman–Crippen LogP) is 3.47. The summed E-state index contributed by atoms with van der Waals surface area (Å²) in [6.07, 6.45) is 0.0308. The fourth-order valence-corrected chi connectivity index (χ4v) is 2.22. The van der Waals surface area contributed by atoms with E-state index in [-0.39, 0.29) is 12.4 Å². The minimum atomic E-state index is -0.574. The van der Waals surface area contributed by atoms with E-state index in [9.17, 15) is 5.11 Å². The average Bonchev–Trinajstić information content (AvgIpc) is 2.59. The van der Waals surface area contributed by atoms with Gasteiger partial charge in [-0.1, -0.05) is 43.3 Å². The van der Waals surface area contributed by atoms with Gasteiger partial charge in [0.25, 0.3) is 0 Å². The van der Waals surface area contributed by atoms with Crippen molar-refractivity contribution in [3.63, 3.8) is 0 Å². The van der Waals surface area contributed by atoms with Crippen LogP contribution in [0.4, 0.5) is 0 Å². The molecule has 0 saturated heterocycles. The van der Waals surface area contributed by atoms with Crippen molar-refractivity contribution >= 4 is 12.4 Å². The third kappa shape index (κ3) is 5.13. The Morgan fingerprint density at radius 3 is 2.39 bits per heavy atom. The second-order valence-corrected chi connectivity index (χ2v) is 5.19. The molecule has 4 nitrogen and oxygen atoms in total. The molecule has 0 aromatic heterocycles. The molecule has 0 radical (unpaired) electrons. The molecule has 0 spiro atoms. The van der Waals surface area contributed by atoms with Crippen LogP contribution in [-0.4, -0.2) is 18.3 Å². The molecule has 0 bridgehead atoms. The minimum Gasteiger partial charge on any atom is -0.493 e. The van der Waals surface area contributed by atoms with E-state index in [1.807, 2.05) is 55.5 Å². The van der Waals surface area contributed by atoms with Gasteiger partial charge in [0.15, 0.2) is 11.5 Å². The van der Waals surface area contributed by atoms with Crippen LogP contribution in [-0.2, 0) is 6.61 Å². The number of hydrogen-bond acceptors (Lipinski definition) is 4. The summed E-state index contributed by atoms with van der Waals surface area (Å²) in [7, 11) is 1.60. The Bertz CT molecular complexity index is 592. The van der Waals surface area contributed by atoms with Gasteiger partial charge >= 0.3 is 0 Å². The smallest absolute Gasteiger partial charge is 0.161 e. The van der Waals surface area contributed by atoms with E-state index < -0.39 is 12.1 Å². The van der Waals surface area contributed by atoms with Crippen LogP contribution in [0.5, 0.6) is 11.5 Å². The molecule has 2 aromatic carbocycles. The van der Waals surface area contributed by atoms with Crippen molar-refractivity contribution in [2.75, 3.05) is 7.11 Å². The lowest BCUT2D eigenvalue weighted by atomic mass is 10.0. The maximum absolute atomic E-state index is 9.91. The first kappa shape index (κ1) is 19.3. The standard InChI is InChI=1S/C18H23NO3.ClH/c1-3-15(20)18(19)14-9-10-16(21-2)17(11-14)22-12-13-7-5-4-6-8-13;/h4-11,15,18,20H,3,12,19H2,1-2H3;1H/t15-,18+;/m1./s1. The van der Waals surface area contributed by atoms with Crippen LogP contribution in [0.2, 0.25) is 0 Å². The fourth-order valence-electron chi connectivity index (χ4n) is 2.22. The molecule has 126 valence electrons. The molecule has 0 saturated carbocycles. The molecule has 2 aromatic rings. The molecule has 0 aliphatic rings. The number of methoxy groups -OCH3 is 1.